The molecule has 0 bridgehead atoms. The molecule has 1 amide bonds. The lowest BCUT2D eigenvalue weighted by molar-refractivity contribution is 0.0900. The summed E-state index contributed by atoms with van der Waals surface area (Å²) in [5.74, 6) is 0.139. The average molecular weight is 269 g/mol. The van der Waals surface area contributed by atoms with Crippen LogP contribution in [0.5, 0.6) is 0 Å². The number of nitrogens with two attached hydrogens (primary N) is 1. The minimum Gasteiger partial charge on any atom is -0.446 e. The zero-order valence-electron chi connectivity index (χ0n) is 11.8. The summed E-state index contributed by atoms with van der Waals surface area (Å²) >= 11 is 0. The normalized spacial score (nSPS) is 14.1. The number of hydrogen-bond acceptors (Lipinski definition) is 5. The fraction of sp³-hybridized carbons (Fsp3) is 0.692. The highest BCUT2D eigenvalue weighted by atomic mass is 16.5. The number of nitrogens with zero attached hydrogens (tertiary/aromatic N) is 1. The number of nitrogens with one attached hydrogen (secondary N) is 1. The molecular weight excluding hydrogens is 246 g/mol. The minimum atomic E-state index is -0.276. The number of carbonyl (C=O) groups is 1. The van der Waals surface area contributed by atoms with Gasteiger partial charge in [-0.05, 0) is 13.3 Å². The van der Waals surface area contributed by atoms with Gasteiger partial charge >= 0.3 is 0 Å². The molecule has 0 aromatic carbocycles. The maximum Gasteiger partial charge on any atom is 0.273 e. The van der Waals surface area contributed by atoms with Gasteiger partial charge in [-0.2, -0.15) is 0 Å². The van der Waals surface area contributed by atoms with Crippen LogP contribution >= 0.6 is 0 Å². The van der Waals surface area contributed by atoms with Crippen LogP contribution in [0.4, 0.5) is 0 Å². The Kier molecular flexibility index (Phi) is 6.52. The molecule has 2 unspecified atom stereocenters. The Morgan fingerprint density at radius 2 is 2.37 bits per heavy atom. The molecule has 0 saturated carbocycles. The second-order valence-corrected chi connectivity index (χ2v) is 4.65. The zero-order chi connectivity index (χ0) is 14.3. The van der Waals surface area contributed by atoms with Crippen molar-refractivity contribution < 1.29 is 13.9 Å². The molecule has 0 aliphatic heterocycles. The Hall–Kier alpha value is -1.40. The van der Waals surface area contributed by atoms with Crippen LogP contribution in [-0.2, 0) is 4.74 Å². The zero-order valence-corrected chi connectivity index (χ0v) is 11.8. The van der Waals surface area contributed by atoms with Gasteiger partial charge in [-0.3, -0.25) is 4.79 Å². The first-order valence-corrected chi connectivity index (χ1v) is 6.59. The molecule has 1 heterocycles. The predicted octanol–water partition coefficient (Wildman–Crippen LogP) is 1.63. The molecule has 0 spiro atoms. The average Bonchev–Trinajstić information content (AvgIpc) is 2.85. The summed E-state index contributed by atoms with van der Waals surface area (Å²) in [6.45, 7) is 4.40. The molecule has 0 fully saturated rings. The SMILES string of the molecule is CCCCC(N)c1nc(C(=O)NC(C)COC)co1. The van der Waals surface area contributed by atoms with E-state index < -0.39 is 0 Å². The summed E-state index contributed by atoms with van der Waals surface area (Å²) in [5.41, 5.74) is 6.19. The van der Waals surface area contributed by atoms with E-state index in [4.69, 9.17) is 14.9 Å². The van der Waals surface area contributed by atoms with Crippen LogP contribution in [-0.4, -0.2) is 30.6 Å². The maximum atomic E-state index is 11.8. The highest BCUT2D eigenvalue weighted by Gasteiger charge is 2.17. The van der Waals surface area contributed by atoms with Crippen molar-refractivity contribution in [3.8, 4) is 0 Å². The molecular formula is C13H23N3O3. The molecule has 3 N–H and O–H groups in total. The van der Waals surface area contributed by atoms with Crippen molar-refractivity contribution in [3.63, 3.8) is 0 Å². The van der Waals surface area contributed by atoms with E-state index in [1.54, 1.807) is 7.11 Å². The molecule has 1 aromatic rings. The standard InChI is InChI=1S/C13H23N3O3/c1-4-5-6-10(14)13-16-11(8-19-13)12(17)15-9(2)7-18-3/h8-10H,4-7,14H2,1-3H3,(H,15,17). The van der Waals surface area contributed by atoms with E-state index in [1.165, 1.54) is 6.26 Å². The number of carbonyl (C=O) groups excluding carboxylic acids is 1. The van der Waals surface area contributed by atoms with E-state index in [-0.39, 0.29) is 23.7 Å². The molecule has 19 heavy (non-hydrogen) atoms. The molecule has 6 heteroatoms. The number of methoxy groups -OCH3 is 1. The van der Waals surface area contributed by atoms with Crippen molar-refractivity contribution in [2.24, 2.45) is 5.73 Å². The van der Waals surface area contributed by atoms with Crippen molar-refractivity contribution in [1.29, 1.82) is 0 Å². The number of hydrogen-bond donors (Lipinski definition) is 2. The quantitative estimate of drug-likeness (QED) is 0.748. The molecule has 108 valence electrons. The van der Waals surface area contributed by atoms with E-state index >= 15 is 0 Å². The molecule has 0 radical (unpaired) electrons. The van der Waals surface area contributed by atoms with Crippen LogP contribution in [0.1, 0.15) is 55.5 Å². The Morgan fingerprint density at radius 3 is 3.00 bits per heavy atom. The Labute approximate surface area is 113 Å². The number of unbranched alkanes of at least 4 members (excludes halogenated alkanes) is 1. The summed E-state index contributed by atoms with van der Waals surface area (Å²) in [6, 6.07) is -0.329. The predicted molar refractivity (Wildman–Crippen MR) is 71.8 cm³/mol. The van der Waals surface area contributed by atoms with Crippen LogP contribution in [0.15, 0.2) is 10.7 Å². The van der Waals surface area contributed by atoms with Crippen LogP contribution in [0.3, 0.4) is 0 Å². The Morgan fingerprint density at radius 1 is 1.63 bits per heavy atom. The van der Waals surface area contributed by atoms with Gasteiger partial charge in [-0.25, -0.2) is 4.98 Å². The van der Waals surface area contributed by atoms with Gasteiger partial charge in [0.1, 0.15) is 6.26 Å². The second kappa shape index (κ2) is 7.91. The van der Waals surface area contributed by atoms with E-state index in [9.17, 15) is 4.79 Å². The second-order valence-electron chi connectivity index (χ2n) is 4.65. The van der Waals surface area contributed by atoms with Gasteiger partial charge in [-0.1, -0.05) is 19.8 Å². The first-order chi connectivity index (χ1) is 9.08. The third-order valence-corrected chi connectivity index (χ3v) is 2.73. The molecule has 2 atom stereocenters. The molecule has 0 saturated heterocycles. The van der Waals surface area contributed by atoms with E-state index in [0.717, 1.165) is 19.3 Å². The van der Waals surface area contributed by atoms with Crippen molar-refractivity contribution in [1.82, 2.24) is 10.3 Å². The lowest BCUT2D eigenvalue weighted by Crippen LogP contribution is -2.35. The Bertz CT molecular complexity index is 392. The minimum absolute atomic E-state index is 0.0774. The Balaban J connectivity index is 2.55. The van der Waals surface area contributed by atoms with Crippen LogP contribution in [0.25, 0.3) is 0 Å². The van der Waals surface area contributed by atoms with Crippen molar-refractivity contribution in [2.75, 3.05) is 13.7 Å². The topological polar surface area (TPSA) is 90.4 Å². The summed E-state index contributed by atoms with van der Waals surface area (Å²) in [4.78, 5) is 16.0. The van der Waals surface area contributed by atoms with Gasteiger partial charge in [0, 0.05) is 13.2 Å². The third-order valence-electron chi connectivity index (χ3n) is 2.73. The molecule has 1 aromatic heterocycles. The molecule has 1 rings (SSSR count). The summed E-state index contributed by atoms with van der Waals surface area (Å²) < 4.78 is 10.2. The van der Waals surface area contributed by atoms with Gasteiger partial charge in [0.25, 0.3) is 5.91 Å². The first-order valence-electron chi connectivity index (χ1n) is 6.59. The molecule has 0 aliphatic rings. The van der Waals surface area contributed by atoms with Crippen LogP contribution in [0, 0.1) is 0 Å². The van der Waals surface area contributed by atoms with Gasteiger partial charge < -0.3 is 20.2 Å². The van der Waals surface area contributed by atoms with Crippen LogP contribution < -0.4 is 11.1 Å². The number of ether oxygens (including phenoxy) is 1. The maximum absolute atomic E-state index is 11.8. The fourth-order valence-corrected chi connectivity index (χ4v) is 1.70. The number of amides is 1. The monoisotopic (exact) mass is 269 g/mol. The van der Waals surface area contributed by atoms with E-state index in [0.29, 0.717) is 12.5 Å². The van der Waals surface area contributed by atoms with Gasteiger partial charge in [0.05, 0.1) is 12.6 Å². The van der Waals surface area contributed by atoms with Crippen molar-refractivity contribution in [2.45, 2.75) is 45.2 Å². The lowest BCUT2D eigenvalue weighted by Gasteiger charge is -2.10. The van der Waals surface area contributed by atoms with Gasteiger partial charge in [-0.15, -0.1) is 0 Å². The number of aromatic nitrogens is 1. The summed E-state index contributed by atoms with van der Waals surface area (Å²) in [6.07, 6.45) is 4.22. The first kappa shape index (κ1) is 15.7. The largest absolute Gasteiger partial charge is 0.446 e. The van der Waals surface area contributed by atoms with Crippen LogP contribution in [0.2, 0.25) is 0 Å². The number of rotatable bonds is 8. The lowest BCUT2D eigenvalue weighted by atomic mass is 10.1. The molecule has 6 nitrogen and oxygen atoms in total. The van der Waals surface area contributed by atoms with E-state index in [2.05, 4.69) is 17.2 Å². The van der Waals surface area contributed by atoms with Gasteiger partial charge in [0.2, 0.25) is 5.89 Å². The summed E-state index contributed by atoms with van der Waals surface area (Å²) in [7, 11) is 1.59. The van der Waals surface area contributed by atoms with Crippen molar-refractivity contribution >= 4 is 5.91 Å². The van der Waals surface area contributed by atoms with Crippen molar-refractivity contribution in [3.05, 3.63) is 17.8 Å². The summed E-state index contributed by atoms with van der Waals surface area (Å²) in [5, 5.41) is 2.77. The highest BCUT2D eigenvalue weighted by Crippen LogP contribution is 2.16. The smallest absolute Gasteiger partial charge is 0.273 e. The van der Waals surface area contributed by atoms with E-state index in [1.807, 2.05) is 6.92 Å². The third kappa shape index (κ3) is 5.00. The molecule has 0 aliphatic carbocycles. The highest BCUT2D eigenvalue weighted by molar-refractivity contribution is 5.92. The van der Waals surface area contributed by atoms with Gasteiger partial charge in [0.15, 0.2) is 5.69 Å². The number of oxazole rings is 1. The fourth-order valence-electron chi connectivity index (χ4n) is 1.70.